The summed E-state index contributed by atoms with van der Waals surface area (Å²) in [6, 6.07) is 15.2. The third-order valence-corrected chi connectivity index (χ3v) is 6.56. The van der Waals surface area contributed by atoms with E-state index in [0.29, 0.717) is 16.3 Å². The lowest BCUT2D eigenvalue weighted by Crippen LogP contribution is -2.45. The lowest BCUT2D eigenvalue weighted by Gasteiger charge is -2.36. The molecule has 2 aromatic carbocycles. The fourth-order valence-electron chi connectivity index (χ4n) is 4.70. The Hall–Kier alpha value is -2.75. The molecule has 2 fully saturated rings. The molecule has 0 unspecified atom stereocenters. The fraction of sp³-hybridized carbons (Fsp3) is 0.462. The summed E-state index contributed by atoms with van der Waals surface area (Å²) in [6.07, 6.45) is 3.43. The van der Waals surface area contributed by atoms with Crippen molar-refractivity contribution < 1.29 is 14.3 Å². The van der Waals surface area contributed by atoms with Gasteiger partial charge in [-0.1, -0.05) is 11.6 Å². The van der Waals surface area contributed by atoms with Crippen molar-refractivity contribution in [2.75, 3.05) is 23.3 Å². The Bertz CT molecular complexity index is 1000. The van der Waals surface area contributed by atoms with Gasteiger partial charge in [0.05, 0.1) is 23.9 Å². The summed E-state index contributed by atoms with van der Waals surface area (Å²) in [5.74, 6) is 0.526. The first-order chi connectivity index (χ1) is 15.9. The molecule has 1 N–H and O–H groups in total. The van der Waals surface area contributed by atoms with Crippen LogP contribution in [0.5, 0.6) is 5.75 Å². The summed E-state index contributed by atoms with van der Waals surface area (Å²) >= 11 is 6.05. The summed E-state index contributed by atoms with van der Waals surface area (Å²) in [7, 11) is 0. The van der Waals surface area contributed by atoms with Crippen LogP contribution in [-0.2, 0) is 9.53 Å². The molecule has 2 aliphatic rings. The van der Waals surface area contributed by atoms with Gasteiger partial charge in [0.25, 0.3) is 0 Å². The second-order valence-corrected chi connectivity index (χ2v) is 9.48. The van der Waals surface area contributed by atoms with E-state index in [1.54, 1.807) is 18.2 Å². The van der Waals surface area contributed by atoms with Crippen LogP contribution < -0.4 is 15.0 Å². The number of anilines is 2. The smallest absolute Gasteiger partial charge is 0.227 e. The minimum absolute atomic E-state index is 0.0165. The van der Waals surface area contributed by atoms with Crippen LogP contribution in [0.1, 0.15) is 45.1 Å². The first-order valence-electron chi connectivity index (χ1n) is 11.6. The van der Waals surface area contributed by atoms with Crippen molar-refractivity contribution in [2.45, 2.75) is 57.8 Å². The average molecular weight is 468 g/mol. The van der Waals surface area contributed by atoms with E-state index in [1.807, 2.05) is 12.1 Å². The number of nitriles is 1. The maximum absolute atomic E-state index is 12.8. The number of carbonyl (C=O) groups excluding carboxylic acids is 1. The molecule has 1 aliphatic heterocycles. The molecule has 6 nitrogen and oxygen atoms in total. The third kappa shape index (κ3) is 5.98. The summed E-state index contributed by atoms with van der Waals surface area (Å²) < 4.78 is 11.8. The van der Waals surface area contributed by atoms with Gasteiger partial charge in [-0.3, -0.25) is 4.79 Å². The molecule has 1 saturated heterocycles. The largest absolute Gasteiger partial charge is 0.489 e. The number of hydrogen-bond donors (Lipinski definition) is 1. The topological polar surface area (TPSA) is 74.6 Å². The van der Waals surface area contributed by atoms with Crippen LogP contribution in [0.3, 0.4) is 0 Å². The molecule has 7 heteroatoms. The molecular weight excluding hydrogens is 438 g/mol. The predicted octanol–water partition coefficient (Wildman–Crippen LogP) is 5.40. The van der Waals surface area contributed by atoms with Crippen LogP contribution in [0, 0.1) is 17.2 Å². The van der Waals surface area contributed by atoms with E-state index in [2.05, 4.69) is 42.3 Å². The molecule has 1 saturated carbocycles. The van der Waals surface area contributed by atoms with Gasteiger partial charge < -0.3 is 19.7 Å². The molecule has 33 heavy (non-hydrogen) atoms. The molecular formula is C26H30ClN3O3. The summed E-state index contributed by atoms with van der Waals surface area (Å²) in [6.45, 7) is 5.92. The van der Waals surface area contributed by atoms with E-state index in [4.69, 9.17) is 21.1 Å². The Morgan fingerprint density at radius 2 is 1.76 bits per heavy atom. The predicted molar refractivity (Wildman–Crippen MR) is 130 cm³/mol. The number of nitrogens with zero attached hydrogens (tertiary/aromatic N) is 2. The van der Waals surface area contributed by atoms with E-state index in [1.165, 1.54) is 0 Å². The highest BCUT2D eigenvalue weighted by Gasteiger charge is 2.28. The number of carbonyl (C=O) groups is 1. The molecule has 1 heterocycles. The second-order valence-electron chi connectivity index (χ2n) is 9.04. The zero-order chi connectivity index (χ0) is 23.4. The molecule has 1 amide bonds. The zero-order valence-electron chi connectivity index (χ0n) is 19.1. The van der Waals surface area contributed by atoms with Crippen molar-refractivity contribution in [3.05, 3.63) is 53.1 Å². The van der Waals surface area contributed by atoms with Crippen LogP contribution in [0.2, 0.25) is 5.02 Å². The van der Waals surface area contributed by atoms with Crippen molar-refractivity contribution in [1.82, 2.24) is 0 Å². The normalized spacial score (nSPS) is 25.2. The van der Waals surface area contributed by atoms with Gasteiger partial charge in [-0.2, -0.15) is 5.26 Å². The molecule has 1 aliphatic carbocycles. The Morgan fingerprint density at radius 1 is 1.09 bits per heavy atom. The van der Waals surface area contributed by atoms with Gasteiger partial charge in [0.1, 0.15) is 11.8 Å². The first kappa shape index (κ1) is 23.4. The lowest BCUT2D eigenvalue weighted by molar-refractivity contribution is -0.121. The molecule has 2 aromatic rings. The van der Waals surface area contributed by atoms with Gasteiger partial charge in [-0.15, -0.1) is 0 Å². The van der Waals surface area contributed by atoms with Crippen LogP contribution >= 0.6 is 11.6 Å². The molecule has 0 spiro atoms. The highest BCUT2D eigenvalue weighted by atomic mass is 35.5. The van der Waals surface area contributed by atoms with Crippen LogP contribution in [0.25, 0.3) is 0 Å². The number of hydrogen-bond acceptors (Lipinski definition) is 5. The van der Waals surface area contributed by atoms with Crippen molar-refractivity contribution in [3.63, 3.8) is 0 Å². The maximum atomic E-state index is 12.8. The lowest BCUT2D eigenvalue weighted by atomic mass is 9.86. The van der Waals surface area contributed by atoms with Crippen molar-refractivity contribution in [2.24, 2.45) is 5.92 Å². The van der Waals surface area contributed by atoms with Crippen LogP contribution in [0.4, 0.5) is 11.4 Å². The fourth-order valence-corrected chi connectivity index (χ4v) is 4.86. The van der Waals surface area contributed by atoms with Gasteiger partial charge in [0.2, 0.25) is 5.91 Å². The summed E-state index contributed by atoms with van der Waals surface area (Å²) in [4.78, 5) is 15.1. The number of nitrogens with one attached hydrogen (secondary N) is 1. The molecule has 0 aromatic heterocycles. The molecule has 4 rings (SSSR count). The van der Waals surface area contributed by atoms with Gasteiger partial charge >= 0.3 is 0 Å². The van der Waals surface area contributed by atoms with Crippen molar-refractivity contribution in [3.8, 4) is 11.8 Å². The average Bonchev–Trinajstić information content (AvgIpc) is 2.79. The number of rotatable bonds is 5. The molecule has 2 atom stereocenters. The maximum Gasteiger partial charge on any atom is 0.227 e. The van der Waals surface area contributed by atoms with E-state index < -0.39 is 0 Å². The van der Waals surface area contributed by atoms with Crippen molar-refractivity contribution >= 4 is 28.9 Å². The van der Waals surface area contributed by atoms with E-state index >= 15 is 0 Å². The number of benzene rings is 2. The molecule has 0 radical (unpaired) electrons. The first-order valence-corrected chi connectivity index (χ1v) is 12.0. The summed E-state index contributed by atoms with van der Waals surface area (Å²) in [5.41, 5.74) is 2.43. The number of halogens is 1. The second kappa shape index (κ2) is 10.5. The number of morpholine rings is 1. The SMILES string of the molecule is C[C@@H]1CN(c2ccc(NC(=O)[C@H]3CC[C@@H](Oc4cc(Cl)ccc4C#N)CC3)cc2)C[C@H](C)O1. The number of ether oxygens (including phenoxy) is 2. The van der Waals surface area contributed by atoms with E-state index in [-0.39, 0.29) is 30.1 Å². The van der Waals surface area contributed by atoms with Crippen LogP contribution in [-0.4, -0.2) is 37.3 Å². The Labute approximate surface area is 200 Å². The quantitative estimate of drug-likeness (QED) is 0.637. The van der Waals surface area contributed by atoms with Crippen LogP contribution in [0.15, 0.2) is 42.5 Å². The minimum Gasteiger partial charge on any atom is -0.489 e. The highest BCUT2D eigenvalue weighted by molar-refractivity contribution is 6.30. The summed E-state index contributed by atoms with van der Waals surface area (Å²) in [5, 5.41) is 12.9. The molecule has 0 bridgehead atoms. The standard InChI is InChI=1S/C26H30ClN3O3/c1-17-15-30(16-18(2)32-17)23-9-7-22(8-10-23)29-26(31)19-4-11-24(12-5-19)33-25-13-21(27)6-3-20(25)14-28/h3,6-10,13,17-19,24H,4-5,11-12,15-16H2,1-2H3,(H,29,31)/t17-,18+,19-,24+. The third-order valence-electron chi connectivity index (χ3n) is 6.32. The monoisotopic (exact) mass is 467 g/mol. The Kier molecular flexibility index (Phi) is 7.42. The van der Waals surface area contributed by atoms with E-state index in [0.717, 1.165) is 50.1 Å². The van der Waals surface area contributed by atoms with Gasteiger partial charge in [-0.05, 0) is 75.9 Å². The van der Waals surface area contributed by atoms with Gasteiger partial charge in [0, 0.05) is 41.5 Å². The minimum atomic E-state index is -0.0414. The Morgan fingerprint density at radius 3 is 2.39 bits per heavy atom. The highest BCUT2D eigenvalue weighted by Crippen LogP contribution is 2.31. The van der Waals surface area contributed by atoms with E-state index in [9.17, 15) is 10.1 Å². The number of amides is 1. The zero-order valence-corrected chi connectivity index (χ0v) is 19.8. The van der Waals surface area contributed by atoms with Crippen molar-refractivity contribution in [1.29, 1.82) is 5.26 Å². The van der Waals surface area contributed by atoms with Gasteiger partial charge in [-0.25, -0.2) is 0 Å². The Balaban J connectivity index is 1.28. The molecule has 174 valence electrons. The van der Waals surface area contributed by atoms with Gasteiger partial charge in [0.15, 0.2) is 0 Å².